The lowest BCUT2D eigenvalue weighted by Crippen LogP contribution is -2.14. The fourth-order valence-corrected chi connectivity index (χ4v) is 3.29. The number of hydrogen-bond acceptors (Lipinski definition) is 3. The largest absolute Gasteiger partial charge is 0.323 e. The monoisotopic (exact) mass is 283 g/mol. The molecule has 0 aromatic carbocycles. The number of nitrogens with zero attached hydrogens (tertiary/aromatic N) is 2. The predicted octanol–water partition coefficient (Wildman–Crippen LogP) is 3.25. The van der Waals surface area contributed by atoms with Gasteiger partial charge < -0.3 is 5.73 Å². The molecular weight excluding hydrogens is 266 g/mol. The average molecular weight is 284 g/mol. The lowest BCUT2D eigenvalue weighted by Gasteiger charge is -2.10. The Balaban J connectivity index is 2.18. The Labute approximate surface area is 117 Å². The molecule has 0 bridgehead atoms. The van der Waals surface area contributed by atoms with E-state index in [2.05, 4.69) is 23.5 Å². The first kappa shape index (κ1) is 13.6. The zero-order valence-electron chi connectivity index (χ0n) is 10.9. The molecule has 2 heterocycles. The molecule has 1 atom stereocenters. The molecule has 3 nitrogen and oxygen atoms in total. The zero-order chi connectivity index (χ0) is 13.3. The Morgan fingerprint density at radius 1 is 1.56 bits per heavy atom. The molecule has 0 aliphatic rings. The molecule has 0 fully saturated rings. The molecule has 1 unspecified atom stereocenters. The second kappa shape index (κ2) is 5.43. The highest BCUT2D eigenvalue weighted by Crippen LogP contribution is 2.32. The molecule has 18 heavy (non-hydrogen) atoms. The highest BCUT2D eigenvalue weighted by molar-refractivity contribution is 7.10. The van der Waals surface area contributed by atoms with Crippen molar-refractivity contribution in [3.8, 4) is 0 Å². The third kappa shape index (κ3) is 2.60. The van der Waals surface area contributed by atoms with E-state index in [1.54, 1.807) is 11.3 Å². The molecule has 0 radical (unpaired) electrons. The topological polar surface area (TPSA) is 43.8 Å². The molecule has 98 valence electrons. The van der Waals surface area contributed by atoms with E-state index in [-0.39, 0.29) is 6.04 Å². The van der Waals surface area contributed by atoms with Gasteiger partial charge in [0.1, 0.15) is 0 Å². The van der Waals surface area contributed by atoms with Crippen molar-refractivity contribution in [1.29, 1.82) is 0 Å². The maximum atomic E-state index is 6.25. The van der Waals surface area contributed by atoms with Gasteiger partial charge in [0.2, 0.25) is 0 Å². The van der Waals surface area contributed by atoms with Gasteiger partial charge in [0, 0.05) is 30.1 Å². The Morgan fingerprint density at radius 2 is 2.28 bits per heavy atom. The Kier molecular flexibility index (Phi) is 4.10. The molecule has 0 aliphatic heterocycles. The summed E-state index contributed by atoms with van der Waals surface area (Å²) < 4.78 is 1.91. The van der Waals surface area contributed by atoms with Crippen LogP contribution in [0.25, 0.3) is 0 Å². The SMILES string of the molecule is CCc1cc(CC(N)c2scc(C)c2Cl)n(C)n1. The van der Waals surface area contributed by atoms with Gasteiger partial charge in [0.25, 0.3) is 0 Å². The lowest BCUT2D eigenvalue weighted by atomic mass is 10.1. The number of halogens is 1. The first-order valence-corrected chi connectivity index (χ1v) is 7.29. The molecule has 2 N–H and O–H groups in total. The number of hydrogen-bond donors (Lipinski definition) is 1. The highest BCUT2D eigenvalue weighted by atomic mass is 35.5. The van der Waals surface area contributed by atoms with E-state index < -0.39 is 0 Å². The molecule has 0 saturated heterocycles. The third-order valence-corrected chi connectivity index (χ3v) is 4.93. The minimum Gasteiger partial charge on any atom is -0.323 e. The van der Waals surface area contributed by atoms with Gasteiger partial charge in [-0.3, -0.25) is 4.68 Å². The predicted molar refractivity (Wildman–Crippen MR) is 77.3 cm³/mol. The van der Waals surface area contributed by atoms with Crippen molar-refractivity contribution >= 4 is 22.9 Å². The summed E-state index contributed by atoms with van der Waals surface area (Å²) in [7, 11) is 1.96. The van der Waals surface area contributed by atoms with Crippen LogP contribution in [0.2, 0.25) is 5.02 Å². The smallest absolute Gasteiger partial charge is 0.0624 e. The summed E-state index contributed by atoms with van der Waals surface area (Å²) >= 11 is 7.89. The number of aromatic nitrogens is 2. The fraction of sp³-hybridized carbons (Fsp3) is 0.462. The summed E-state index contributed by atoms with van der Waals surface area (Å²) in [6, 6.07) is 2.06. The molecule has 2 rings (SSSR count). The molecule has 0 amide bonds. The van der Waals surface area contributed by atoms with Crippen molar-refractivity contribution in [2.75, 3.05) is 0 Å². The van der Waals surface area contributed by atoms with E-state index in [1.165, 1.54) is 0 Å². The molecule has 5 heteroatoms. The number of aryl methyl sites for hydroxylation is 3. The number of nitrogens with two attached hydrogens (primary N) is 1. The van der Waals surface area contributed by atoms with Crippen molar-refractivity contribution in [2.45, 2.75) is 32.7 Å². The van der Waals surface area contributed by atoms with Gasteiger partial charge in [-0.2, -0.15) is 5.10 Å². The van der Waals surface area contributed by atoms with Crippen LogP contribution in [-0.4, -0.2) is 9.78 Å². The second-order valence-corrected chi connectivity index (χ2v) is 5.80. The maximum absolute atomic E-state index is 6.25. The molecule has 2 aromatic rings. The van der Waals surface area contributed by atoms with Crippen LogP contribution in [0.5, 0.6) is 0 Å². The van der Waals surface area contributed by atoms with Gasteiger partial charge in [0.15, 0.2) is 0 Å². The molecule has 2 aromatic heterocycles. The minimum absolute atomic E-state index is 0.0590. The summed E-state index contributed by atoms with van der Waals surface area (Å²) in [6.07, 6.45) is 1.71. The maximum Gasteiger partial charge on any atom is 0.0624 e. The van der Waals surface area contributed by atoms with E-state index in [4.69, 9.17) is 17.3 Å². The molecule has 0 aliphatic carbocycles. The first-order valence-electron chi connectivity index (χ1n) is 6.03. The van der Waals surface area contributed by atoms with Crippen LogP contribution in [0.1, 0.15) is 34.8 Å². The average Bonchev–Trinajstić information content (AvgIpc) is 2.85. The van der Waals surface area contributed by atoms with E-state index >= 15 is 0 Å². The number of rotatable bonds is 4. The minimum atomic E-state index is -0.0590. The second-order valence-electron chi connectivity index (χ2n) is 4.51. The Morgan fingerprint density at radius 3 is 2.78 bits per heavy atom. The number of thiophene rings is 1. The van der Waals surface area contributed by atoms with Gasteiger partial charge in [0.05, 0.1) is 10.7 Å². The van der Waals surface area contributed by atoms with Gasteiger partial charge in [-0.15, -0.1) is 11.3 Å². The van der Waals surface area contributed by atoms with Crippen molar-refractivity contribution < 1.29 is 0 Å². The van der Waals surface area contributed by atoms with Crippen molar-refractivity contribution in [2.24, 2.45) is 12.8 Å². The summed E-state index contributed by atoms with van der Waals surface area (Å²) in [5.74, 6) is 0. The molecule has 0 saturated carbocycles. The molecule has 0 spiro atoms. The van der Waals surface area contributed by atoms with Gasteiger partial charge in [-0.1, -0.05) is 18.5 Å². The van der Waals surface area contributed by atoms with Gasteiger partial charge in [-0.05, 0) is 30.4 Å². The van der Waals surface area contributed by atoms with Gasteiger partial charge >= 0.3 is 0 Å². The van der Waals surface area contributed by atoms with Crippen LogP contribution in [0, 0.1) is 6.92 Å². The quantitative estimate of drug-likeness (QED) is 0.936. The summed E-state index contributed by atoms with van der Waals surface area (Å²) in [5, 5.41) is 7.30. The van der Waals surface area contributed by atoms with Crippen molar-refractivity contribution in [3.05, 3.63) is 38.3 Å². The van der Waals surface area contributed by atoms with E-state index in [1.807, 2.05) is 18.7 Å². The van der Waals surface area contributed by atoms with Crippen LogP contribution in [0.3, 0.4) is 0 Å². The lowest BCUT2D eigenvalue weighted by molar-refractivity contribution is 0.644. The summed E-state index contributed by atoms with van der Waals surface area (Å²) in [4.78, 5) is 1.06. The van der Waals surface area contributed by atoms with Crippen LogP contribution in [0.4, 0.5) is 0 Å². The van der Waals surface area contributed by atoms with Crippen LogP contribution >= 0.6 is 22.9 Å². The van der Waals surface area contributed by atoms with Crippen LogP contribution < -0.4 is 5.73 Å². The Hall–Kier alpha value is -0.840. The normalized spacial score (nSPS) is 12.9. The fourth-order valence-electron chi connectivity index (χ4n) is 1.95. The summed E-state index contributed by atoms with van der Waals surface area (Å²) in [5.41, 5.74) is 9.61. The van der Waals surface area contributed by atoms with Crippen molar-refractivity contribution in [1.82, 2.24) is 9.78 Å². The Bertz CT molecular complexity index is 544. The van der Waals surface area contributed by atoms with Crippen LogP contribution in [-0.2, 0) is 19.9 Å². The van der Waals surface area contributed by atoms with E-state index in [0.717, 1.165) is 39.7 Å². The van der Waals surface area contributed by atoms with E-state index in [9.17, 15) is 0 Å². The van der Waals surface area contributed by atoms with E-state index in [0.29, 0.717) is 0 Å². The van der Waals surface area contributed by atoms with Crippen LogP contribution in [0.15, 0.2) is 11.4 Å². The standard InChI is InChI=1S/C13H18ClN3S/c1-4-9-5-10(17(3)16-9)6-11(15)13-12(14)8(2)7-18-13/h5,7,11H,4,6,15H2,1-3H3. The third-order valence-electron chi connectivity index (χ3n) is 3.08. The summed E-state index contributed by atoms with van der Waals surface area (Å²) in [6.45, 7) is 4.11. The highest BCUT2D eigenvalue weighted by Gasteiger charge is 2.16. The first-order chi connectivity index (χ1) is 8.52. The molecular formula is C13H18ClN3S. The van der Waals surface area contributed by atoms with Gasteiger partial charge in [-0.25, -0.2) is 0 Å². The van der Waals surface area contributed by atoms with Crippen molar-refractivity contribution in [3.63, 3.8) is 0 Å². The zero-order valence-corrected chi connectivity index (χ0v) is 12.5.